The standard InChI is InChI=1S/C30H26F6O2/c1-2-3-4-5-19-17-37-29(38-18-19)21-8-6-20(7-9-21)22-10-11-24(26(31)14-22)23-15-27(32)25(28(33)16-23)12-13-30(34,35)36/h6-11,14-16,19,29H,2-5,17-18H2,1H3. The first kappa shape index (κ1) is 27.7. The zero-order valence-electron chi connectivity index (χ0n) is 20.7. The number of ether oxygens (including phenoxy) is 2. The lowest BCUT2D eigenvalue weighted by Gasteiger charge is -2.29. The molecular formula is C30H26F6O2. The van der Waals surface area contributed by atoms with Crippen LogP contribution in [0.15, 0.2) is 54.6 Å². The van der Waals surface area contributed by atoms with Crippen LogP contribution in [0.25, 0.3) is 22.3 Å². The fourth-order valence-corrected chi connectivity index (χ4v) is 4.33. The molecule has 1 heterocycles. The molecule has 0 aliphatic carbocycles. The van der Waals surface area contributed by atoms with Gasteiger partial charge in [-0.2, -0.15) is 13.2 Å². The van der Waals surface area contributed by atoms with Crippen molar-refractivity contribution in [2.75, 3.05) is 13.2 Å². The van der Waals surface area contributed by atoms with Crippen LogP contribution in [0.4, 0.5) is 26.3 Å². The van der Waals surface area contributed by atoms with Gasteiger partial charge in [0.25, 0.3) is 0 Å². The van der Waals surface area contributed by atoms with E-state index in [2.05, 4.69) is 6.92 Å². The summed E-state index contributed by atoms with van der Waals surface area (Å²) in [5, 5.41) is 0. The highest BCUT2D eigenvalue weighted by Crippen LogP contribution is 2.32. The number of unbranched alkanes of at least 4 members (excludes halogenated alkanes) is 2. The van der Waals surface area contributed by atoms with E-state index in [1.807, 2.05) is 12.1 Å². The van der Waals surface area contributed by atoms with Gasteiger partial charge in [-0.05, 0) is 41.3 Å². The highest BCUT2D eigenvalue weighted by molar-refractivity contribution is 5.72. The van der Waals surface area contributed by atoms with E-state index < -0.39 is 35.5 Å². The second kappa shape index (κ2) is 12.1. The van der Waals surface area contributed by atoms with E-state index in [0.29, 0.717) is 30.3 Å². The molecule has 200 valence electrons. The van der Waals surface area contributed by atoms with Gasteiger partial charge in [-0.3, -0.25) is 0 Å². The highest BCUT2D eigenvalue weighted by Gasteiger charge is 2.24. The van der Waals surface area contributed by atoms with Gasteiger partial charge in [-0.25, -0.2) is 13.2 Å². The average molecular weight is 533 g/mol. The summed E-state index contributed by atoms with van der Waals surface area (Å²) in [4.78, 5) is 0. The van der Waals surface area contributed by atoms with Crippen LogP contribution in [0.3, 0.4) is 0 Å². The van der Waals surface area contributed by atoms with Crippen molar-refractivity contribution in [3.63, 3.8) is 0 Å². The van der Waals surface area contributed by atoms with Crippen LogP contribution in [0.1, 0.15) is 50.0 Å². The molecule has 0 spiro atoms. The van der Waals surface area contributed by atoms with Gasteiger partial charge in [-0.15, -0.1) is 0 Å². The maximum atomic E-state index is 14.9. The van der Waals surface area contributed by atoms with Crippen molar-refractivity contribution in [2.45, 2.75) is 45.1 Å². The molecule has 3 aromatic carbocycles. The van der Waals surface area contributed by atoms with E-state index in [4.69, 9.17) is 9.47 Å². The fraction of sp³-hybridized carbons (Fsp3) is 0.333. The molecule has 0 atom stereocenters. The Labute approximate surface area is 217 Å². The first-order valence-electron chi connectivity index (χ1n) is 12.4. The van der Waals surface area contributed by atoms with Crippen LogP contribution >= 0.6 is 0 Å². The van der Waals surface area contributed by atoms with E-state index in [1.54, 1.807) is 18.2 Å². The van der Waals surface area contributed by atoms with Crippen LogP contribution in [-0.2, 0) is 9.47 Å². The minimum Gasteiger partial charge on any atom is -0.348 e. The Morgan fingerprint density at radius 2 is 1.39 bits per heavy atom. The lowest BCUT2D eigenvalue weighted by molar-refractivity contribution is -0.206. The molecule has 1 fully saturated rings. The predicted octanol–water partition coefficient (Wildman–Crippen LogP) is 8.59. The molecule has 1 saturated heterocycles. The van der Waals surface area contributed by atoms with Gasteiger partial charge in [0.2, 0.25) is 0 Å². The third-order valence-corrected chi connectivity index (χ3v) is 6.35. The monoisotopic (exact) mass is 532 g/mol. The summed E-state index contributed by atoms with van der Waals surface area (Å²) < 4.78 is 92.1. The molecule has 0 saturated carbocycles. The smallest absolute Gasteiger partial charge is 0.348 e. The van der Waals surface area contributed by atoms with E-state index in [-0.39, 0.29) is 11.1 Å². The molecule has 4 rings (SSSR count). The third kappa shape index (κ3) is 6.97. The Kier molecular flexibility index (Phi) is 8.80. The van der Waals surface area contributed by atoms with Gasteiger partial charge in [0.05, 0.1) is 18.8 Å². The summed E-state index contributed by atoms with van der Waals surface area (Å²) in [7, 11) is 0. The topological polar surface area (TPSA) is 18.5 Å². The normalized spacial score (nSPS) is 17.7. The van der Waals surface area contributed by atoms with Crippen molar-refractivity contribution in [3.8, 4) is 34.1 Å². The predicted molar refractivity (Wildman–Crippen MR) is 132 cm³/mol. The Morgan fingerprint density at radius 3 is 1.97 bits per heavy atom. The zero-order valence-corrected chi connectivity index (χ0v) is 20.7. The van der Waals surface area contributed by atoms with Gasteiger partial charge in [0, 0.05) is 23.0 Å². The van der Waals surface area contributed by atoms with Crippen LogP contribution in [0, 0.1) is 35.2 Å². The zero-order chi connectivity index (χ0) is 27.3. The van der Waals surface area contributed by atoms with Crippen molar-refractivity contribution >= 4 is 0 Å². The molecule has 0 unspecified atom stereocenters. The van der Waals surface area contributed by atoms with Crippen LogP contribution in [0.5, 0.6) is 0 Å². The largest absolute Gasteiger partial charge is 0.458 e. The molecule has 0 bridgehead atoms. The van der Waals surface area contributed by atoms with Crippen molar-refractivity contribution in [2.24, 2.45) is 5.92 Å². The maximum absolute atomic E-state index is 14.9. The van der Waals surface area contributed by atoms with Crippen molar-refractivity contribution < 1.29 is 35.8 Å². The molecule has 3 aromatic rings. The second-order valence-electron chi connectivity index (χ2n) is 9.24. The SMILES string of the molecule is CCCCCC1COC(c2ccc(-c3ccc(-c4cc(F)c(C#CC(F)(F)F)c(F)c4)c(F)c3)cc2)OC1. The summed E-state index contributed by atoms with van der Waals surface area (Å²) in [5.74, 6) is -0.689. The average Bonchev–Trinajstić information content (AvgIpc) is 2.88. The molecule has 2 nitrogen and oxygen atoms in total. The first-order chi connectivity index (χ1) is 18.1. The van der Waals surface area contributed by atoms with Gasteiger partial charge in [-0.1, -0.05) is 68.5 Å². The van der Waals surface area contributed by atoms with E-state index in [0.717, 1.165) is 36.5 Å². The minimum atomic E-state index is -4.90. The molecule has 1 aliphatic heterocycles. The van der Waals surface area contributed by atoms with E-state index >= 15 is 0 Å². The molecular weight excluding hydrogens is 506 g/mol. The quantitative estimate of drug-likeness (QED) is 0.172. The lowest BCUT2D eigenvalue weighted by atomic mass is 9.97. The summed E-state index contributed by atoms with van der Waals surface area (Å²) in [6.45, 7) is 3.45. The highest BCUT2D eigenvalue weighted by atomic mass is 19.4. The van der Waals surface area contributed by atoms with Crippen LogP contribution in [-0.4, -0.2) is 19.4 Å². The second-order valence-corrected chi connectivity index (χ2v) is 9.24. The molecule has 38 heavy (non-hydrogen) atoms. The first-order valence-corrected chi connectivity index (χ1v) is 12.4. The molecule has 8 heteroatoms. The van der Waals surface area contributed by atoms with Crippen molar-refractivity contribution in [1.29, 1.82) is 0 Å². The number of hydrogen-bond donors (Lipinski definition) is 0. The van der Waals surface area contributed by atoms with Gasteiger partial charge >= 0.3 is 6.18 Å². The van der Waals surface area contributed by atoms with E-state index in [1.165, 1.54) is 30.9 Å². The number of benzene rings is 3. The molecule has 0 radical (unpaired) electrons. The Morgan fingerprint density at radius 1 is 0.789 bits per heavy atom. The van der Waals surface area contributed by atoms with E-state index in [9.17, 15) is 26.3 Å². The van der Waals surface area contributed by atoms with Gasteiger partial charge in [0.15, 0.2) is 6.29 Å². The molecule has 0 aromatic heterocycles. The molecule has 1 aliphatic rings. The minimum absolute atomic E-state index is 0.101. The number of halogens is 6. The summed E-state index contributed by atoms with van der Waals surface area (Å²) >= 11 is 0. The third-order valence-electron chi connectivity index (χ3n) is 6.35. The van der Waals surface area contributed by atoms with Crippen molar-refractivity contribution in [1.82, 2.24) is 0 Å². The summed E-state index contributed by atoms with van der Waals surface area (Å²) in [5.41, 5.74) is 0.807. The molecule has 0 N–H and O–H groups in total. The van der Waals surface area contributed by atoms with Gasteiger partial charge in [0.1, 0.15) is 17.5 Å². The van der Waals surface area contributed by atoms with Crippen LogP contribution < -0.4 is 0 Å². The lowest BCUT2D eigenvalue weighted by Crippen LogP contribution is -2.27. The molecule has 0 amide bonds. The fourth-order valence-electron chi connectivity index (χ4n) is 4.33. The Bertz CT molecular complexity index is 1290. The van der Waals surface area contributed by atoms with Gasteiger partial charge < -0.3 is 9.47 Å². The number of alkyl halides is 3. The summed E-state index contributed by atoms with van der Waals surface area (Å²) in [6, 6.07) is 13.0. The number of hydrogen-bond acceptors (Lipinski definition) is 2. The van der Waals surface area contributed by atoms with Crippen LogP contribution in [0.2, 0.25) is 0 Å². The number of rotatable bonds is 7. The van der Waals surface area contributed by atoms with Crippen molar-refractivity contribution in [3.05, 3.63) is 83.2 Å². The Balaban J connectivity index is 1.46. The maximum Gasteiger partial charge on any atom is 0.458 e. The Hall–Kier alpha value is -3.28. The summed E-state index contributed by atoms with van der Waals surface area (Å²) in [6.07, 6.45) is -0.747.